The second-order valence-electron chi connectivity index (χ2n) is 4.26. The Bertz CT molecular complexity index is 615. The van der Waals surface area contributed by atoms with Crippen molar-refractivity contribution >= 4 is 34.5 Å². The zero-order valence-electron chi connectivity index (χ0n) is 11.2. The van der Waals surface area contributed by atoms with Crippen LogP contribution in [0.2, 0.25) is 0 Å². The first-order chi connectivity index (χ1) is 9.70. The molecule has 102 valence electrons. The molecule has 0 fully saturated rings. The fourth-order valence-electron chi connectivity index (χ4n) is 1.79. The summed E-state index contributed by atoms with van der Waals surface area (Å²) in [6, 6.07) is 15.2. The van der Waals surface area contributed by atoms with E-state index in [2.05, 4.69) is 22.6 Å². The van der Waals surface area contributed by atoms with E-state index in [4.69, 9.17) is 4.74 Å². The Hall–Kier alpha value is -1.62. The Morgan fingerprint density at radius 3 is 2.55 bits per heavy atom. The third kappa shape index (κ3) is 3.93. The molecule has 0 aromatic heterocycles. The Morgan fingerprint density at radius 2 is 1.85 bits per heavy atom. The molecule has 0 aliphatic rings. The van der Waals surface area contributed by atoms with E-state index in [-0.39, 0.29) is 12.4 Å². The molecule has 2 nitrogen and oxygen atoms in total. The van der Waals surface area contributed by atoms with Gasteiger partial charge >= 0.3 is 0 Å². The van der Waals surface area contributed by atoms with E-state index >= 15 is 0 Å². The first-order valence-corrected chi connectivity index (χ1v) is 7.42. The Morgan fingerprint density at radius 1 is 1.15 bits per heavy atom. The van der Waals surface area contributed by atoms with Gasteiger partial charge < -0.3 is 4.74 Å². The number of ketones is 1. The van der Waals surface area contributed by atoms with Crippen LogP contribution in [0.3, 0.4) is 0 Å². The lowest BCUT2D eigenvalue weighted by molar-refractivity contribution is 0.0921. The minimum Gasteiger partial charge on any atom is -0.485 e. The molecule has 20 heavy (non-hydrogen) atoms. The van der Waals surface area contributed by atoms with Crippen molar-refractivity contribution in [1.29, 1.82) is 0 Å². The molecule has 0 aliphatic carbocycles. The number of para-hydroxylation sites is 1. The number of carbonyl (C=O) groups excluding carboxylic acids is 1. The van der Waals surface area contributed by atoms with Crippen molar-refractivity contribution in [2.75, 3.05) is 6.61 Å². The van der Waals surface area contributed by atoms with Crippen LogP contribution in [-0.4, -0.2) is 12.4 Å². The average Bonchev–Trinajstić information content (AvgIpc) is 2.47. The predicted octanol–water partition coefficient (Wildman–Crippen LogP) is 4.59. The second kappa shape index (κ2) is 7.24. The number of hydrogen-bond acceptors (Lipinski definition) is 2. The van der Waals surface area contributed by atoms with Gasteiger partial charge in [-0.25, -0.2) is 0 Å². The van der Waals surface area contributed by atoms with Crippen LogP contribution in [0.4, 0.5) is 0 Å². The minimum atomic E-state index is -0.0170. The smallest absolute Gasteiger partial charge is 0.200 e. The molecule has 2 aromatic rings. The van der Waals surface area contributed by atoms with E-state index in [1.54, 1.807) is 0 Å². The third-order valence-corrected chi connectivity index (χ3v) is 3.51. The molecule has 0 saturated carbocycles. The molecule has 0 heterocycles. The number of allylic oxidation sites excluding steroid dienone is 1. The summed E-state index contributed by atoms with van der Waals surface area (Å²) in [5.74, 6) is 0.709. The van der Waals surface area contributed by atoms with Crippen molar-refractivity contribution in [2.45, 2.75) is 6.92 Å². The van der Waals surface area contributed by atoms with Crippen molar-refractivity contribution in [1.82, 2.24) is 0 Å². The molecule has 2 rings (SSSR count). The second-order valence-corrected chi connectivity index (χ2v) is 5.50. The normalized spacial score (nSPS) is 10.7. The highest BCUT2D eigenvalue weighted by atomic mass is 127. The summed E-state index contributed by atoms with van der Waals surface area (Å²) in [5.41, 5.74) is 1.65. The van der Waals surface area contributed by atoms with Crippen molar-refractivity contribution in [2.24, 2.45) is 0 Å². The van der Waals surface area contributed by atoms with Crippen LogP contribution in [0.5, 0.6) is 5.75 Å². The number of Topliss-reactive ketones (excluding diaryl/α,β-unsaturated/α-hetero) is 1. The van der Waals surface area contributed by atoms with Gasteiger partial charge in [0.15, 0.2) is 12.4 Å². The molecule has 0 saturated heterocycles. The predicted molar refractivity (Wildman–Crippen MR) is 90.1 cm³/mol. The zero-order chi connectivity index (χ0) is 14.4. The highest BCUT2D eigenvalue weighted by Crippen LogP contribution is 2.19. The Labute approximate surface area is 132 Å². The van der Waals surface area contributed by atoms with Gasteiger partial charge in [-0.1, -0.05) is 42.5 Å². The van der Waals surface area contributed by atoms with Crippen molar-refractivity contribution in [3.63, 3.8) is 0 Å². The lowest BCUT2D eigenvalue weighted by Crippen LogP contribution is -2.12. The summed E-state index contributed by atoms with van der Waals surface area (Å²) in [5, 5.41) is 0. The molecule has 0 aliphatic heterocycles. The maximum Gasteiger partial charge on any atom is 0.200 e. The first-order valence-electron chi connectivity index (χ1n) is 6.34. The van der Waals surface area contributed by atoms with E-state index in [9.17, 15) is 4.79 Å². The topological polar surface area (TPSA) is 26.3 Å². The van der Waals surface area contributed by atoms with Gasteiger partial charge in [-0.15, -0.1) is 0 Å². The van der Waals surface area contributed by atoms with E-state index < -0.39 is 0 Å². The van der Waals surface area contributed by atoms with Crippen LogP contribution in [0.1, 0.15) is 22.8 Å². The summed E-state index contributed by atoms with van der Waals surface area (Å²) in [6.45, 7) is 2.00. The highest BCUT2D eigenvalue weighted by Gasteiger charge is 2.08. The standard InChI is InChI=1S/C17H15IO2/c1-2-5-14-6-3-4-7-17(14)20-12-16(19)13-8-10-15(18)11-9-13/h2-11H,12H2,1H3. The van der Waals surface area contributed by atoms with Crippen LogP contribution in [0.25, 0.3) is 6.08 Å². The average molecular weight is 378 g/mol. The lowest BCUT2D eigenvalue weighted by atomic mass is 10.1. The van der Waals surface area contributed by atoms with E-state index in [0.717, 1.165) is 14.9 Å². The first kappa shape index (κ1) is 14.8. The van der Waals surface area contributed by atoms with Crippen molar-refractivity contribution in [3.05, 3.63) is 69.3 Å². The molecule has 0 radical (unpaired) electrons. The number of ether oxygens (including phenoxy) is 1. The molecule has 0 spiro atoms. The van der Waals surface area contributed by atoms with E-state index in [1.807, 2.05) is 67.6 Å². The quantitative estimate of drug-likeness (QED) is 0.562. The maximum absolute atomic E-state index is 12.1. The molecular weight excluding hydrogens is 363 g/mol. The van der Waals surface area contributed by atoms with Gasteiger partial charge in [0.1, 0.15) is 5.75 Å². The lowest BCUT2D eigenvalue weighted by Gasteiger charge is -2.08. The highest BCUT2D eigenvalue weighted by molar-refractivity contribution is 14.1. The SMILES string of the molecule is CC=Cc1ccccc1OCC(=O)c1ccc(I)cc1. The van der Waals surface area contributed by atoms with E-state index in [1.165, 1.54) is 0 Å². The number of halogens is 1. The van der Waals surface area contributed by atoms with Gasteiger partial charge in [0, 0.05) is 14.7 Å². The van der Waals surface area contributed by atoms with Crippen LogP contribution in [0, 0.1) is 3.57 Å². The van der Waals surface area contributed by atoms with Gasteiger partial charge in [-0.2, -0.15) is 0 Å². The summed E-state index contributed by atoms with van der Waals surface area (Å²) < 4.78 is 6.74. The summed E-state index contributed by atoms with van der Waals surface area (Å²) in [6.07, 6.45) is 3.91. The third-order valence-electron chi connectivity index (χ3n) is 2.79. The van der Waals surface area contributed by atoms with Gasteiger partial charge in [0.05, 0.1) is 0 Å². The van der Waals surface area contributed by atoms with Gasteiger partial charge in [-0.05, 0) is 47.7 Å². The van der Waals surface area contributed by atoms with E-state index in [0.29, 0.717) is 5.56 Å². The number of carbonyl (C=O) groups is 1. The number of benzene rings is 2. The summed E-state index contributed by atoms with van der Waals surface area (Å²) in [4.78, 5) is 12.1. The van der Waals surface area contributed by atoms with Gasteiger partial charge in [-0.3, -0.25) is 4.79 Å². The zero-order valence-corrected chi connectivity index (χ0v) is 13.3. The van der Waals surface area contributed by atoms with Crippen LogP contribution >= 0.6 is 22.6 Å². The molecule has 0 unspecified atom stereocenters. The van der Waals surface area contributed by atoms with Crippen LogP contribution in [-0.2, 0) is 0 Å². The van der Waals surface area contributed by atoms with Crippen LogP contribution < -0.4 is 4.74 Å². The van der Waals surface area contributed by atoms with Crippen LogP contribution in [0.15, 0.2) is 54.6 Å². The molecule has 0 N–H and O–H groups in total. The fourth-order valence-corrected chi connectivity index (χ4v) is 2.15. The molecule has 0 atom stereocenters. The molecule has 3 heteroatoms. The molecular formula is C17H15IO2. The van der Waals surface area contributed by atoms with Gasteiger partial charge in [0.2, 0.25) is 0 Å². The van der Waals surface area contributed by atoms with Gasteiger partial charge in [0.25, 0.3) is 0 Å². The number of hydrogen-bond donors (Lipinski definition) is 0. The summed E-state index contributed by atoms with van der Waals surface area (Å²) >= 11 is 2.21. The van der Waals surface area contributed by atoms with Crippen molar-refractivity contribution in [3.8, 4) is 5.75 Å². The number of rotatable bonds is 5. The Kier molecular flexibility index (Phi) is 5.35. The summed E-state index contributed by atoms with van der Waals surface area (Å²) in [7, 11) is 0. The monoisotopic (exact) mass is 378 g/mol. The molecule has 0 bridgehead atoms. The minimum absolute atomic E-state index is 0.0170. The maximum atomic E-state index is 12.1. The molecule has 2 aromatic carbocycles. The Balaban J connectivity index is 2.05. The van der Waals surface area contributed by atoms with Crippen molar-refractivity contribution < 1.29 is 9.53 Å². The largest absolute Gasteiger partial charge is 0.485 e. The fraction of sp³-hybridized carbons (Fsp3) is 0.118. The molecule has 0 amide bonds.